The maximum Gasteiger partial charge on any atom is 0.121 e. The van der Waals surface area contributed by atoms with E-state index in [-0.39, 0.29) is 0 Å². The van der Waals surface area contributed by atoms with E-state index in [1.807, 2.05) is 6.20 Å². The van der Waals surface area contributed by atoms with Gasteiger partial charge < -0.3 is 10.7 Å². The molecule has 1 aromatic rings. The van der Waals surface area contributed by atoms with Crippen molar-refractivity contribution in [2.45, 2.75) is 18.8 Å². The van der Waals surface area contributed by atoms with Crippen LogP contribution < -0.4 is 5.73 Å². The molecule has 1 saturated carbocycles. The average molecular weight is 201 g/mol. The van der Waals surface area contributed by atoms with Crippen LogP contribution in [0.3, 0.4) is 0 Å². The van der Waals surface area contributed by atoms with Crippen molar-refractivity contribution in [3.05, 3.63) is 21.3 Å². The lowest BCUT2D eigenvalue weighted by Gasteiger charge is -2.02. The van der Waals surface area contributed by atoms with Crippen LogP contribution in [0, 0.1) is 4.51 Å². The molecule has 1 fully saturated rings. The average Bonchev–Trinajstić information content (AvgIpc) is 2.84. The minimum atomic E-state index is 0.464. The van der Waals surface area contributed by atoms with Gasteiger partial charge in [-0.3, -0.25) is 0 Å². The zero-order valence-corrected chi connectivity index (χ0v) is 8.00. The van der Waals surface area contributed by atoms with Gasteiger partial charge in [0.1, 0.15) is 5.82 Å². The number of nitrogens with two attached hydrogens (primary N) is 1. The number of hydrogen-bond donors (Lipinski definition) is 2. The van der Waals surface area contributed by atoms with E-state index < -0.39 is 0 Å². The Bertz CT molecular complexity index is 368. The van der Waals surface area contributed by atoms with E-state index in [1.54, 1.807) is 0 Å². The van der Waals surface area contributed by atoms with Crippen LogP contribution in [0.1, 0.15) is 24.3 Å². The fourth-order valence-corrected chi connectivity index (χ4v) is 1.73. The maximum absolute atomic E-state index is 5.89. The third kappa shape index (κ3) is 1.23. The standard InChI is InChI=1S/C8H9ClN2S/c9-6-7(12)5(4-1-2-4)3-11-8(6)10/h3-4H,1-2H2,(H3,10,11,12). The summed E-state index contributed by atoms with van der Waals surface area (Å²) in [4.78, 5) is 2.91. The lowest BCUT2D eigenvalue weighted by atomic mass is 10.2. The first-order valence-corrected chi connectivity index (χ1v) is 4.65. The van der Waals surface area contributed by atoms with E-state index in [2.05, 4.69) is 4.98 Å². The largest absolute Gasteiger partial charge is 0.384 e. The summed E-state index contributed by atoms with van der Waals surface area (Å²) in [6.07, 6.45) is 4.32. The highest BCUT2D eigenvalue weighted by Crippen LogP contribution is 2.41. The van der Waals surface area contributed by atoms with Crippen LogP contribution in [0.2, 0.25) is 5.02 Å². The van der Waals surface area contributed by atoms with E-state index in [1.165, 1.54) is 12.8 Å². The van der Waals surface area contributed by atoms with E-state index in [9.17, 15) is 0 Å². The Labute approximate surface area is 80.7 Å². The molecule has 64 valence electrons. The summed E-state index contributed by atoms with van der Waals surface area (Å²) in [6.45, 7) is 0. The lowest BCUT2D eigenvalue weighted by Crippen LogP contribution is -1.94. The molecule has 0 bridgehead atoms. The van der Waals surface area contributed by atoms with Gasteiger partial charge in [0.15, 0.2) is 0 Å². The first-order chi connectivity index (χ1) is 5.70. The van der Waals surface area contributed by atoms with Gasteiger partial charge in [-0.05, 0) is 24.3 Å². The molecule has 0 aliphatic heterocycles. The van der Waals surface area contributed by atoms with Gasteiger partial charge in [0.05, 0.1) is 9.53 Å². The first-order valence-electron chi connectivity index (χ1n) is 3.86. The van der Waals surface area contributed by atoms with Gasteiger partial charge in [-0.25, -0.2) is 0 Å². The third-order valence-corrected chi connectivity index (χ3v) is 3.04. The van der Waals surface area contributed by atoms with E-state index in [0.717, 1.165) is 10.1 Å². The monoisotopic (exact) mass is 200 g/mol. The Morgan fingerprint density at radius 3 is 2.83 bits per heavy atom. The van der Waals surface area contributed by atoms with Gasteiger partial charge in [0.25, 0.3) is 0 Å². The second kappa shape index (κ2) is 2.75. The molecule has 12 heavy (non-hydrogen) atoms. The fraction of sp³-hybridized carbons (Fsp3) is 0.375. The molecule has 0 radical (unpaired) electrons. The molecule has 1 aliphatic rings. The van der Waals surface area contributed by atoms with Crippen molar-refractivity contribution in [3.63, 3.8) is 0 Å². The van der Waals surface area contributed by atoms with Crippen molar-refractivity contribution < 1.29 is 0 Å². The second-order valence-electron chi connectivity index (χ2n) is 3.08. The minimum absolute atomic E-state index is 0.464. The Hall–Kier alpha value is -0.540. The number of nitrogen functional groups attached to an aromatic ring is 1. The third-order valence-electron chi connectivity index (χ3n) is 2.10. The number of nitrogens with one attached hydrogen (secondary N) is 1. The predicted octanol–water partition coefficient (Wildman–Crippen LogP) is 2.86. The van der Waals surface area contributed by atoms with Crippen molar-refractivity contribution in [1.82, 2.24) is 4.98 Å². The molecule has 0 unspecified atom stereocenters. The molecule has 1 aliphatic carbocycles. The highest BCUT2D eigenvalue weighted by atomic mass is 35.5. The normalized spacial score (nSPS) is 16.4. The van der Waals surface area contributed by atoms with E-state index in [0.29, 0.717) is 16.8 Å². The van der Waals surface area contributed by atoms with Crippen molar-refractivity contribution in [2.24, 2.45) is 0 Å². The first kappa shape index (κ1) is 8.08. The number of aromatic nitrogens is 1. The molecule has 0 saturated heterocycles. The number of halogens is 1. The molecular weight excluding hydrogens is 192 g/mol. The van der Waals surface area contributed by atoms with Crippen molar-refractivity contribution in [3.8, 4) is 0 Å². The maximum atomic E-state index is 5.89. The van der Waals surface area contributed by atoms with Crippen LogP contribution in [-0.2, 0) is 0 Å². The lowest BCUT2D eigenvalue weighted by molar-refractivity contribution is 1.09. The summed E-state index contributed by atoms with van der Waals surface area (Å²) in [7, 11) is 0. The van der Waals surface area contributed by atoms with Crippen molar-refractivity contribution >= 4 is 29.6 Å². The molecule has 1 aromatic heterocycles. The summed E-state index contributed by atoms with van der Waals surface area (Å²) >= 11 is 11.1. The molecule has 2 nitrogen and oxygen atoms in total. The smallest absolute Gasteiger partial charge is 0.121 e. The molecule has 1 heterocycles. The summed E-state index contributed by atoms with van der Waals surface area (Å²) in [5, 5.41) is 0.495. The summed E-state index contributed by atoms with van der Waals surface area (Å²) in [5.74, 6) is 1.08. The summed E-state index contributed by atoms with van der Waals surface area (Å²) < 4.78 is 0.718. The van der Waals surface area contributed by atoms with Crippen LogP contribution in [0.5, 0.6) is 0 Å². The Morgan fingerprint density at radius 1 is 1.58 bits per heavy atom. The predicted molar refractivity (Wildman–Crippen MR) is 53.0 cm³/mol. The number of rotatable bonds is 1. The second-order valence-corrected chi connectivity index (χ2v) is 3.86. The van der Waals surface area contributed by atoms with Crippen LogP contribution in [0.25, 0.3) is 0 Å². The van der Waals surface area contributed by atoms with Gasteiger partial charge in [0.2, 0.25) is 0 Å². The molecule has 2 rings (SSSR count). The zero-order chi connectivity index (χ0) is 8.72. The van der Waals surface area contributed by atoms with Gasteiger partial charge >= 0.3 is 0 Å². The topological polar surface area (TPSA) is 41.8 Å². The molecular formula is C8H9ClN2S. The van der Waals surface area contributed by atoms with Crippen LogP contribution in [0.15, 0.2) is 6.20 Å². The number of aromatic amines is 1. The molecule has 0 atom stereocenters. The highest BCUT2D eigenvalue weighted by Gasteiger charge is 2.25. The van der Waals surface area contributed by atoms with Gasteiger partial charge in [-0.15, -0.1) is 0 Å². The molecule has 0 spiro atoms. The van der Waals surface area contributed by atoms with Gasteiger partial charge in [0, 0.05) is 6.20 Å². The number of pyridine rings is 1. The van der Waals surface area contributed by atoms with Crippen molar-refractivity contribution in [2.75, 3.05) is 5.73 Å². The molecule has 4 heteroatoms. The number of hydrogen-bond acceptors (Lipinski definition) is 2. The van der Waals surface area contributed by atoms with Gasteiger partial charge in [-0.1, -0.05) is 23.8 Å². The fourth-order valence-electron chi connectivity index (χ4n) is 1.23. The number of anilines is 1. The summed E-state index contributed by atoms with van der Waals surface area (Å²) in [5.41, 5.74) is 6.70. The highest BCUT2D eigenvalue weighted by molar-refractivity contribution is 7.71. The van der Waals surface area contributed by atoms with Crippen LogP contribution >= 0.6 is 23.8 Å². The van der Waals surface area contributed by atoms with Crippen molar-refractivity contribution in [1.29, 1.82) is 0 Å². The minimum Gasteiger partial charge on any atom is -0.384 e. The Morgan fingerprint density at radius 2 is 2.25 bits per heavy atom. The molecule has 3 N–H and O–H groups in total. The quantitative estimate of drug-likeness (QED) is 0.685. The van der Waals surface area contributed by atoms with E-state index in [4.69, 9.17) is 29.6 Å². The Kier molecular flexibility index (Phi) is 1.85. The van der Waals surface area contributed by atoms with Gasteiger partial charge in [-0.2, -0.15) is 0 Å². The van der Waals surface area contributed by atoms with Crippen LogP contribution in [0.4, 0.5) is 5.82 Å². The molecule has 0 amide bonds. The summed E-state index contributed by atoms with van der Waals surface area (Å²) in [6, 6.07) is 0. The molecule has 0 aromatic carbocycles. The van der Waals surface area contributed by atoms with Crippen LogP contribution in [-0.4, -0.2) is 4.98 Å². The van der Waals surface area contributed by atoms with E-state index >= 15 is 0 Å². The zero-order valence-electron chi connectivity index (χ0n) is 6.43. The number of H-pyrrole nitrogens is 1. The SMILES string of the molecule is Nc1[nH]cc(C2CC2)c(=S)c1Cl. The Balaban J connectivity index is 2.57.